The van der Waals surface area contributed by atoms with Crippen LogP contribution in [0, 0.1) is 5.82 Å². The summed E-state index contributed by atoms with van der Waals surface area (Å²) in [7, 11) is 0. The second kappa shape index (κ2) is 8.31. The molecule has 0 radical (unpaired) electrons. The number of benzene rings is 2. The molecule has 1 heterocycles. The number of carbonyl (C=O) groups is 1. The summed E-state index contributed by atoms with van der Waals surface area (Å²) in [6.45, 7) is 1.51. The van der Waals surface area contributed by atoms with E-state index in [-0.39, 0.29) is 5.82 Å². The number of aromatic nitrogens is 1. The Labute approximate surface area is 144 Å². The molecule has 3 rings (SSSR count). The van der Waals surface area contributed by atoms with Gasteiger partial charge in [0.2, 0.25) is 0 Å². The first-order valence-corrected chi connectivity index (χ1v) is 7.66. The summed E-state index contributed by atoms with van der Waals surface area (Å²) in [5.41, 5.74) is 2.29. The van der Waals surface area contributed by atoms with E-state index < -0.39 is 11.2 Å². The SMILES string of the molecule is CC(S)C(=O)O.Fc1cccc(-c2ncoc2-c2ccccc2)c1. The van der Waals surface area contributed by atoms with Crippen molar-refractivity contribution in [2.45, 2.75) is 12.2 Å². The normalized spacial score (nSPS) is 11.3. The number of carboxylic acid groups (broad SMARTS) is 1. The molecule has 2 aromatic carbocycles. The fourth-order valence-corrected chi connectivity index (χ4v) is 1.88. The number of rotatable bonds is 3. The van der Waals surface area contributed by atoms with Crippen LogP contribution < -0.4 is 0 Å². The molecule has 0 fully saturated rings. The van der Waals surface area contributed by atoms with E-state index in [1.807, 2.05) is 36.4 Å². The average Bonchev–Trinajstić information content (AvgIpc) is 3.06. The van der Waals surface area contributed by atoms with E-state index in [0.29, 0.717) is 17.0 Å². The summed E-state index contributed by atoms with van der Waals surface area (Å²) in [6.07, 6.45) is 1.38. The number of hydrogen-bond donors (Lipinski definition) is 2. The molecule has 0 spiro atoms. The second-order valence-electron chi connectivity index (χ2n) is 4.92. The van der Waals surface area contributed by atoms with Crippen molar-refractivity contribution in [2.24, 2.45) is 0 Å². The summed E-state index contributed by atoms with van der Waals surface area (Å²) in [6, 6.07) is 16.0. The lowest BCUT2D eigenvalue weighted by Gasteiger charge is -2.01. The molecule has 3 aromatic rings. The van der Waals surface area contributed by atoms with Gasteiger partial charge in [0.15, 0.2) is 12.2 Å². The number of nitrogens with zero attached hydrogens (tertiary/aromatic N) is 1. The van der Waals surface area contributed by atoms with Gasteiger partial charge >= 0.3 is 5.97 Å². The molecule has 0 aliphatic carbocycles. The van der Waals surface area contributed by atoms with Gasteiger partial charge in [-0.15, -0.1) is 0 Å². The molecular formula is C18H16FNO3S. The fraction of sp³-hybridized carbons (Fsp3) is 0.111. The third-order valence-electron chi connectivity index (χ3n) is 3.06. The maximum atomic E-state index is 13.2. The highest BCUT2D eigenvalue weighted by Gasteiger charge is 2.12. The molecule has 4 nitrogen and oxygen atoms in total. The smallest absolute Gasteiger partial charge is 0.316 e. The van der Waals surface area contributed by atoms with Crippen LogP contribution in [0.25, 0.3) is 22.6 Å². The van der Waals surface area contributed by atoms with Gasteiger partial charge in [-0.1, -0.05) is 42.5 Å². The Morgan fingerprint density at radius 1 is 1.17 bits per heavy atom. The average molecular weight is 345 g/mol. The fourth-order valence-electron chi connectivity index (χ4n) is 1.88. The van der Waals surface area contributed by atoms with Crippen molar-refractivity contribution in [3.8, 4) is 22.6 Å². The van der Waals surface area contributed by atoms with E-state index >= 15 is 0 Å². The summed E-state index contributed by atoms with van der Waals surface area (Å²) in [5.74, 6) is -0.506. The van der Waals surface area contributed by atoms with Crippen LogP contribution in [0.2, 0.25) is 0 Å². The van der Waals surface area contributed by atoms with Gasteiger partial charge in [0.1, 0.15) is 11.5 Å². The summed E-state index contributed by atoms with van der Waals surface area (Å²) in [5, 5.41) is 7.38. The maximum absolute atomic E-state index is 13.2. The molecule has 6 heteroatoms. The van der Waals surface area contributed by atoms with Crippen molar-refractivity contribution in [3.05, 3.63) is 66.8 Å². The Balaban J connectivity index is 0.000000301. The zero-order chi connectivity index (χ0) is 17.5. The van der Waals surface area contributed by atoms with Crippen LogP contribution in [0.5, 0.6) is 0 Å². The quantitative estimate of drug-likeness (QED) is 0.684. The van der Waals surface area contributed by atoms with E-state index in [4.69, 9.17) is 9.52 Å². The van der Waals surface area contributed by atoms with E-state index in [1.54, 1.807) is 6.07 Å². The van der Waals surface area contributed by atoms with Crippen molar-refractivity contribution in [1.29, 1.82) is 0 Å². The molecule has 124 valence electrons. The van der Waals surface area contributed by atoms with Gasteiger partial charge in [0.05, 0.1) is 5.25 Å². The molecule has 0 aliphatic rings. The molecule has 24 heavy (non-hydrogen) atoms. The van der Waals surface area contributed by atoms with Crippen LogP contribution in [0.3, 0.4) is 0 Å². The number of halogens is 1. The molecule has 0 saturated heterocycles. The molecule has 1 N–H and O–H groups in total. The van der Waals surface area contributed by atoms with Gasteiger partial charge in [0.25, 0.3) is 0 Å². The lowest BCUT2D eigenvalue weighted by Crippen LogP contribution is -2.06. The highest BCUT2D eigenvalue weighted by Crippen LogP contribution is 2.30. The predicted molar refractivity (Wildman–Crippen MR) is 93.4 cm³/mol. The number of oxazole rings is 1. The molecule has 1 atom stereocenters. The van der Waals surface area contributed by atoms with E-state index in [1.165, 1.54) is 25.5 Å². The molecule has 0 amide bonds. The maximum Gasteiger partial charge on any atom is 0.316 e. The Bertz CT molecular complexity index is 803. The van der Waals surface area contributed by atoms with Gasteiger partial charge in [-0.05, 0) is 19.1 Å². The second-order valence-corrected chi connectivity index (χ2v) is 5.70. The van der Waals surface area contributed by atoms with Crippen molar-refractivity contribution < 1.29 is 18.7 Å². The van der Waals surface area contributed by atoms with Crippen molar-refractivity contribution in [1.82, 2.24) is 4.98 Å². The minimum Gasteiger partial charge on any atom is -0.480 e. The number of thiol groups is 1. The number of hydrogen-bond acceptors (Lipinski definition) is 4. The highest BCUT2D eigenvalue weighted by molar-refractivity contribution is 7.81. The first-order chi connectivity index (χ1) is 11.5. The van der Waals surface area contributed by atoms with Crippen LogP contribution in [-0.4, -0.2) is 21.3 Å². The zero-order valence-corrected chi connectivity index (χ0v) is 13.8. The minimum absolute atomic E-state index is 0.283. The summed E-state index contributed by atoms with van der Waals surface area (Å²) < 4.78 is 18.6. The van der Waals surface area contributed by atoms with Gasteiger partial charge < -0.3 is 9.52 Å². The number of aliphatic carboxylic acids is 1. The highest BCUT2D eigenvalue weighted by atomic mass is 32.1. The monoisotopic (exact) mass is 345 g/mol. The zero-order valence-electron chi connectivity index (χ0n) is 12.9. The third-order valence-corrected chi connectivity index (χ3v) is 3.28. The Morgan fingerprint density at radius 3 is 2.38 bits per heavy atom. The molecule has 0 aliphatic heterocycles. The van der Waals surface area contributed by atoms with E-state index in [9.17, 15) is 9.18 Å². The van der Waals surface area contributed by atoms with Crippen molar-refractivity contribution >= 4 is 18.6 Å². The first-order valence-electron chi connectivity index (χ1n) is 7.14. The minimum atomic E-state index is -0.877. The molecule has 0 saturated carbocycles. The van der Waals surface area contributed by atoms with Crippen molar-refractivity contribution in [2.75, 3.05) is 0 Å². The molecular weight excluding hydrogens is 329 g/mol. The first kappa shape index (κ1) is 17.7. The van der Waals surface area contributed by atoms with Crippen LogP contribution in [0.1, 0.15) is 6.92 Å². The Morgan fingerprint density at radius 2 is 1.79 bits per heavy atom. The predicted octanol–water partition coefficient (Wildman–Crippen LogP) is 4.54. The van der Waals surface area contributed by atoms with Crippen molar-refractivity contribution in [3.63, 3.8) is 0 Å². The van der Waals surface area contributed by atoms with Gasteiger partial charge in [-0.25, -0.2) is 9.37 Å². The number of carboxylic acids is 1. The van der Waals surface area contributed by atoms with Gasteiger partial charge in [0, 0.05) is 11.1 Å². The largest absolute Gasteiger partial charge is 0.480 e. The van der Waals surface area contributed by atoms with Crippen LogP contribution in [0.4, 0.5) is 4.39 Å². The summed E-state index contributed by atoms with van der Waals surface area (Å²) in [4.78, 5) is 13.8. The molecule has 1 unspecified atom stereocenters. The lowest BCUT2D eigenvalue weighted by atomic mass is 10.1. The van der Waals surface area contributed by atoms with E-state index in [2.05, 4.69) is 17.6 Å². The molecule has 1 aromatic heterocycles. The van der Waals surface area contributed by atoms with Gasteiger partial charge in [-0.3, -0.25) is 4.79 Å². The van der Waals surface area contributed by atoms with Crippen LogP contribution >= 0.6 is 12.6 Å². The third kappa shape index (κ3) is 4.70. The lowest BCUT2D eigenvalue weighted by molar-refractivity contribution is -0.136. The summed E-state index contributed by atoms with van der Waals surface area (Å²) >= 11 is 3.59. The van der Waals surface area contributed by atoms with Crippen LogP contribution in [-0.2, 0) is 4.79 Å². The Hall–Kier alpha value is -2.60. The van der Waals surface area contributed by atoms with E-state index in [0.717, 1.165) is 5.56 Å². The standard InChI is InChI=1S/C15H10FNO.C3H6O2S/c16-13-8-4-7-12(9-13)14-15(18-10-17-14)11-5-2-1-3-6-11;1-2(6)3(4)5/h1-10H;2,6H,1H3,(H,4,5). The molecule has 0 bridgehead atoms. The van der Waals surface area contributed by atoms with Gasteiger partial charge in [-0.2, -0.15) is 12.6 Å². The van der Waals surface area contributed by atoms with Crippen LogP contribution in [0.15, 0.2) is 65.4 Å². The Kier molecular flexibility index (Phi) is 6.14. The topological polar surface area (TPSA) is 63.3 Å².